The highest BCUT2D eigenvalue weighted by atomic mass is 16.5. The molecule has 0 saturated heterocycles. The Morgan fingerprint density at radius 1 is 1.24 bits per heavy atom. The molecule has 0 bridgehead atoms. The summed E-state index contributed by atoms with van der Waals surface area (Å²) in [4.78, 5) is 17.1. The first-order valence-electron chi connectivity index (χ1n) is 9.91. The van der Waals surface area contributed by atoms with Crippen molar-refractivity contribution in [3.8, 4) is 0 Å². The highest BCUT2D eigenvalue weighted by molar-refractivity contribution is 5.89. The van der Waals surface area contributed by atoms with Crippen LogP contribution in [0.2, 0.25) is 0 Å². The molecule has 2 amide bonds. The van der Waals surface area contributed by atoms with Crippen molar-refractivity contribution < 1.29 is 9.53 Å². The fourth-order valence-corrected chi connectivity index (χ4v) is 4.02. The second-order valence-electron chi connectivity index (χ2n) is 7.39. The number of carbonyl (C=O) groups excluding carboxylic acids is 1. The maximum atomic E-state index is 12.9. The molecular weight excluding hydrogens is 364 g/mol. The van der Waals surface area contributed by atoms with Gasteiger partial charge in [-0.3, -0.25) is 0 Å². The summed E-state index contributed by atoms with van der Waals surface area (Å²) in [5.41, 5.74) is 4.20. The van der Waals surface area contributed by atoms with Crippen molar-refractivity contribution in [3.63, 3.8) is 0 Å². The van der Waals surface area contributed by atoms with E-state index in [2.05, 4.69) is 38.4 Å². The molecule has 6 nitrogen and oxygen atoms in total. The van der Waals surface area contributed by atoms with Gasteiger partial charge in [-0.15, -0.1) is 0 Å². The van der Waals surface area contributed by atoms with Gasteiger partial charge in [-0.2, -0.15) is 0 Å². The first-order valence-corrected chi connectivity index (χ1v) is 9.91. The maximum absolute atomic E-state index is 12.9. The van der Waals surface area contributed by atoms with Gasteiger partial charge in [0.15, 0.2) is 0 Å². The normalized spacial score (nSPS) is 19.2. The molecule has 1 aliphatic carbocycles. The van der Waals surface area contributed by atoms with Crippen molar-refractivity contribution >= 4 is 11.7 Å². The van der Waals surface area contributed by atoms with Gasteiger partial charge in [-0.05, 0) is 48.6 Å². The molecule has 3 aromatic rings. The highest BCUT2D eigenvalue weighted by Gasteiger charge is 2.31. The van der Waals surface area contributed by atoms with E-state index in [0.717, 1.165) is 29.7 Å². The standard InChI is InChI=1S/C23H26N4O2/c1-16(29-2)18-7-5-8-19(14-18)25-23(28)26-22-20-9-4-3-6-17(20)10-11-21(22)27-13-12-24-15-27/h3-9,12-16,21-22H,10-11H2,1-2H3,(H2,25,26,28)/t16-,21-,22-/m1/s1. The van der Waals surface area contributed by atoms with Gasteiger partial charge in [-0.25, -0.2) is 9.78 Å². The number of nitrogens with zero attached hydrogens (tertiary/aromatic N) is 2. The molecule has 1 aromatic heterocycles. The Bertz CT molecular complexity index is 971. The number of ether oxygens (including phenoxy) is 1. The van der Waals surface area contributed by atoms with Gasteiger partial charge in [0.1, 0.15) is 0 Å². The molecule has 0 saturated carbocycles. The van der Waals surface area contributed by atoms with Gasteiger partial charge in [0.2, 0.25) is 0 Å². The zero-order chi connectivity index (χ0) is 20.2. The fourth-order valence-electron chi connectivity index (χ4n) is 4.02. The maximum Gasteiger partial charge on any atom is 0.319 e. The molecule has 0 spiro atoms. The van der Waals surface area contributed by atoms with E-state index in [9.17, 15) is 4.79 Å². The van der Waals surface area contributed by atoms with Crippen LogP contribution >= 0.6 is 0 Å². The second kappa shape index (κ2) is 8.49. The Morgan fingerprint density at radius 3 is 2.90 bits per heavy atom. The summed E-state index contributed by atoms with van der Waals surface area (Å²) >= 11 is 0. The number of amides is 2. The molecule has 3 atom stereocenters. The van der Waals surface area contributed by atoms with Crippen LogP contribution in [0.5, 0.6) is 0 Å². The van der Waals surface area contributed by atoms with Gasteiger partial charge in [0.05, 0.1) is 24.5 Å². The quantitative estimate of drug-likeness (QED) is 0.667. The lowest BCUT2D eigenvalue weighted by molar-refractivity contribution is 0.119. The van der Waals surface area contributed by atoms with Gasteiger partial charge in [-0.1, -0.05) is 36.4 Å². The van der Waals surface area contributed by atoms with E-state index < -0.39 is 0 Å². The lowest BCUT2D eigenvalue weighted by Gasteiger charge is -2.35. The second-order valence-corrected chi connectivity index (χ2v) is 7.39. The molecule has 0 aliphatic heterocycles. The van der Waals surface area contributed by atoms with Crippen molar-refractivity contribution in [1.82, 2.24) is 14.9 Å². The lowest BCUT2D eigenvalue weighted by Crippen LogP contribution is -2.39. The Hall–Kier alpha value is -3.12. The third-order valence-electron chi connectivity index (χ3n) is 5.65. The van der Waals surface area contributed by atoms with Crippen molar-refractivity contribution in [2.45, 2.75) is 38.0 Å². The highest BCUT2D eigenvalue weighted by Crippen LogP contribution is 2.37. The zero-order valence-electron chi connectivity index (χ0n) is 16.7. The number of rotatable bonds is 5. The Morgan fingerprint density at radius 2 is 2.10 bits per heavy atom. The number of aryl methyl sites for hydroxylation is 1. The Balaban J connectivity index is 1.55. The van der Waals surface area contributed by atoms with Crippen LogP contribution < -0.4 is 10.6 Å². The number of methoxy groups -OCH3 is 1. The first-order chi connectivity index (χ1) is 14.2. The predicted molar refractivity (Wildman–Crippen MR) is 113 cm³/mol. The van der Waals surface area contributed by atoms with Crippen molar-refractivity contribution in [1.29, 1.82) is 0 Å². The van der Waals surface area contributed by atoms with Crippen LogP contribution in [-0.4, -0.2) is 22.7 Å². The van der Waals surface area contributed by atoms with Crippen molar-refractivity contribution in [2.24, 2.45) is 0 Å². The van der Waals surface area contributed by atoms with E-state index in [4.69, 9.17) is 4.74 Å². The van der Waals surface area contributed by atoms with Gasteiger partial charge in [0.25, 0.3) is 0 Å². The number of hydrogen-bond acceptors (Lipinski definition) is 3. The van der Waals surface area contributed by atoms with E-state index in [1.807, 2.05) is 49.8 Å². The van der Waals surface area contributed by atoms with E-state index in [0.29, 0.717) is 0 Å². The van der Waals surface area contributed by atoms with Crippen LogP contribution in [0.1, 0.15) is 48.2 Å². The molecule has 1 aliphatic rings. The van der Waals surface area contributed by atoms with Crippen LogP contribution in [0.15, 0.2) is 67.3 Å². The average molecular weight is 390 g/mol. The molecule has 4 rings (SSSR count). The summed E-state index contributed by atoms with van der Waals surface area (Å²) in [5, 5.41) is 6.17. The fraction of sp³-hybridized carbons (Fsp3) is 0.304. The smallest absolute Gasteiger partial charge is 0.319 e. The SMILES string of the molecule is CO[C@H](C)c1cccc(NC(=O)N[C@@H]2c3ccccc3CC[C@H]2n2ccnc2)c1. The number of nitrogens with one attached hydrogen (secondary N) is 2. The molecule has 0 radical (unpaired) electrons. The van der Waals surface area contributed by atoms with Gasteiger partial charge < -0.3 is 19.9 Å². The lowest BCUT2D eigenvalue weighted by atomic mass is 9.84. The summed E-state index contributed by atoms with van der Waals surface area (Å²) in [6.07, 6.45) is 7.45. The van der Waals surface area contributed by atoms with E-state index in [1.54, 1.807) is 13.3 Å². The number of imidazole rings is 1. The van der Waals surface area contributed by atoms with Crippen LogP contribution in [0, 0.1) is 0 Å². The molecule has 0 fully saturated rings. The topological polar surface area (TPSA) is 68.2 Å². The molecule has 2 N–H and O–H groups in total. The largest absolute Gasteiger partial charge is 0.377 e. The zero-order valence-corrected chi connectivity index (χ0v) is 16.7. The van der Waals surface area contributed by atoms with Crippen molar-refractivity contribution in [2.75, 3.05) is 12.4 Å². The van der Waals surface area contributed by atoms with Crippen LogP contribution in [0.4, 0.5) is 10.5 Å². The van der Waals surface area contributed by atoms with E-state index in [-0.39, 0.29) is 24.2 Å². The Labute approximate surface area is 170 Å². The number of anilines is 1. The molecular formula is C23H26N4O2. The molecule has 6 heteroatoms. The first kappa shape index (κ1) is 19.2. The number of urea groups is 1. The monoisotopic (exact) mass is 390 g/mol. The summed E-state index contributed by atoms with van der Waals surface area (Å²) < 4.78 is 7.46. The predicted octanol–water partition coefficient (Wildman–Crippen LogP) is 4.64. The van der Waals surface area contributed by atoms with Crippen LogP contribution in [-0.2, 0) is 11.2 Å². The number of benzene rings is 2. The van der Waals surface area contributed by atoms with E-state index >= 15 is 0 Å². The average Bonchev–Trinajstić information content (AvgIpc) is 3.28. The minimum absolute atomic E-state index is 0.0318. The van der Waals surface area contributed by atoms with Crippen LogP contribution in [0.25, 0.3) is 0 Å². The molecule has 29 heavy (non-hydrogen) atoms. The third kappa shape index (κ3) is 4.17. The summed E-state index contributed by atoms with van der Waals surface area (Å²) in [6, 6.07) is 15.8. The van der Waals surface area contributed by atoms with Crippen LogP contribution in [0.3, 0.4) is 0 Å². The summed E-state index contributed by atoms with van der Waals surface area (Å²) in [6.45, 7) is 1.98. The number of aromatic nitrogens is 2. The summed E-state index contributed by atoms with van der Waals surface area (Å²) in [5.74, 6) is 0. The number of carbonyl (C=O) groups is 1. The molecule has 0 unspecified atom stereocenters. The minimum Gasteiger partial charge on any atom is -0.377 e. The summed E-state index contributed by atoms with van der Waals surface area (Å²) in [7, 11) is 1.67. The van der Waals surface area contributed by atoms with Crippen molar-refractivity contribution in [3.05, 3.63) is 83.9 Å². The van der Waals surface area contributed by atoms with Gasteiger partial charge in [0, 0.05) is 25.2 Å². The minimum atomic E-state index is -0.223. The molecule has 2 aromatic carbocycles. The Kier molecular flexibility index (Phi) is 5.62. The number of fused-ring (bicyclic) bond motifs is 1. The third-order valence-corrected chi connectivity index (χ3v) is 5.65. The van der Waals surface area contributed by atoms with Gasteiger partial charge >= 0.3 is 6.03 Å². The van der Waals surface area contributed by atoms with E-state index in [1.165, 1.54) is 5.56 Å². The number of hydrogen-bond donors (Lipinski definition) is 2. The molecule has 1 heterocycles. The molecule has 150 valence electrons.